The Morgan fingerprint density at radius 3 is 2.15 bits per heavy atom. The SMILES string of the molecule is CC(C)CC(C)(C)CC(C)(C)COc1ccc(NC(=O)[C@H](CCC(=O)O)NC(=O)CNC(=O)c2cccc(N=C(N)N)c2)cc1.CCC. The Balaban J connectivity index is 0.00000369. The number of nitrogens with zero attached hydrogens (tertiary/aromatic N) is 1. The minimum Gasteiger partial charge on any atom is -0.493 e. The van der Waals surface area contributed by atoms with Crippen LogP contribution in [0.15, 0.2) is 53.5 Å². The number of carboxylic acid groups (broad SMARTS) is 1. The van der Waals surface area contributed by atoms with Gasteiger partial charge in [-0.3, -0.25) is 19.2 Å². The van der Waals surface area contributed by atoms with Gasteiger partial charge in [0.25, 0.3) is 5.91 Å². The second-order valence-corrected chi connectivity index (χ2v) is 13.9. The van der Waals surface area contributed by atoms with Crippen LogP contribution in [0.25, 0.3) is 0 Å². The van der Waals surface area contributed by atoms with Crippen LogP contribution in [0.2, 0.25) is 0 Å². The summed E-state index contributed by atoms with van der Waals surface area (Å²) in [5.74, 6) is -1.84. The highest BCUT2D eigenvalue weighted by Crippen LogP contribution is 2.38. The third-order valence-electron chi connectivity index (χ3n) is 6.74. The zero-order valence-electron chi connectivity index (χ0n) is 29.8. The predicted molar refractivity (Wildman–Crippen MR) is 191 cm³/mol. The normalized spacial score (nSPS) is 11.8. The molecule has 0 bridgehead atoms. The lowest BCUT2D eigenvalue weighted by Crippen LogP contribution is -2.47. The molecule has 0 aliphatic rings. The standard InChI is InChI=1S/C33H48N6O6.C3H8/c1-21(2)17-32(3,4)19-33(5,6)20-45-25-12-10-23(11-13-25)37-30(44)26(14-15-28(41)42)39-27(40)18-36-29(43)22-8-7-9-24(16-22)38-31(34)35;1-3-2/h7-13,16,21,26H,14-15,17-20H2,1-6H3,(H,36,43)(H,37,44)(H,39,40)(H,41,42)(H4,34,35,38);3H2,1-2H3/t26-;/m0./s1. The van der Waals surface area contributed by atoms with Crippen LogP contribution in [0.1, 0.15) is 97.9 Å². The number of hydrogen-bond acceptors (Lipinski definition) is 6. The van der Waals surface area contributed by atoms with Gasteiger partial charge in [-0.25, -0.2) is 4.99 Å². The molecular formula is C36H56N6O6. The van der Waals surface area contributed by atoms with E-state index in [4.69, 9.17) is 21.3 Å². The first-order valence-corrected chi connectivity index (χ1v) is 16.4. The highest BCUT2D eigenvalue weighted by Gasteiger charge is 2.30. The van der Waals surface area contributed by atoms with Crippen LogP contribution >= 0.6 is 0 Å². The van der Waals surface area contributed by atoms with E-state index in [9.17, 15) is 19.2 Å². The molecule has 0 radical (unpaired) electrons. The molecule has 3 amide bonds. The van der Waals surface area contributed by atoms with Gasteiger partial charge in [0.05, 0.1) is 18.8 Å². The Morgan fingerprint density at radius 2 is 1.58 bits per heavy atom. The molecule has 0 fully saturated rings. The zero-order valence-corrected chi connectivity index (χ0v) is 29.8. The van der Waals surface area contributed by atoms with E-state index in [0.29, 0.717) is 29.6 Å². The van der Waals surface area contributed by atoms with Gasteiger partial charge in [-0.05, 0) is 78.5 Å². The van der Waals surface area contributed by atoms with Gasteiger partial charge < -0.3 is 37.3 Å². The maximum absolute atomic E-state index is 13.0. The number of nitrogens with two attached hydrogens (primary N) is 2. The van der Waals surface area contributed by atoms with Crippen molar-refractivity contribution < 1.29 is 29.0 Å². The third-order valence-corrected chi connectivity index (χ3v) is 6.74. The predicted octanol–water partition coefficient (Wildman–Crippen LogP) is 5.59. The molecule has 266 valence electrons. The molecule has 0 aliphatic heterocycles. The van der Waals surface area contributed by atoms with Gasteiger partial charge >= 0.3 is 5.97 Å². The second kappa shape index (κ2) is 19.9. The molecular weight excluding hydrogens is 612 g/mol. The number of guanidine groups is 1. The fraction of sp³-hybridized carbons (Fsp3) is 0.528. The number of nitrogens with one attached hydrogen (secondary N) is 3. The summed E-state index contributed by atoms with van der Waals surface area (Å²) in [4.78, 5) is 53.2. The quantitative estimate of drug-likeness (QED) is 0.0925. The van der Waals surface area contributed by atoms with Crippen LogP contribution in [0.4, 0.5) is 11.4 Å². The Kier molecular flexibility index (Phi) is 17.2. The summed E-state index contributed by atoms with van der Waals surface area (Å²) < 4.78 is 6.06. The number of carbonyl (C=O) groups excluding carboxylic acids is 3. The van der Waals surface area contributed by atoms with Gasteiger partial charge in [-0.1, -0.05) is 67.9 Å². The van der Waals surface area contributed by atoms with Crippen molar-refractivity contribution in [1.29, 1.82) is 0 Å². The van der Waals surface area contributed by atoms with E-state index < -0.39 is 36.3 Å². The van der Waals surface area contributed by atoms with Gasteiger partial charge in [0.2, 0.25) is 11.8 Å². The molecule has 2 rings (SSSR count). The van der Waals surface area contributed by atoms with Crippen molar-refractivity contribution in [2.24, 2.45) is 33.2 Å². The molecule has 1 atom stereocenters. The van der Waals surface area contributed by atoms with Crippen LogP contribution < -0.4 is 32.2 Å². The smallest absolute Gasteiger partial charge is 0.303 e. The number of carboxylic acids is 1. The van der Waals surface area contributed by atoms with E-state index in [1.165, 1.54) is 18.6 Å². The molecule has 2 aromatic carbocycles. The topological polar surface area (TPSA) is 198 Å². The highest BCUT2D eigenvalue weighted by molar-refractivity contribution is 6.00. The zero-order chi connectivity index (χ0) is 36.5. The van der Waals surface area contributed by atoms with Crippen LogP contribution in [0, 0.1) is 16.7 Å². The number of ether oxygens (including phenoxy) is 1. The molecule has 12 nitrogen and oxygen atoms in total. The summed E-state index contributed by atoms with van der Waals surface area (Å²) in [5, 5.41) is 16.8. The Hall–Kier alpha value is -4.61. The van der Waals surface area contributed by atoms with Gasteiger partial charge in [0.1, 0.15) is 11.8 Å². The second-order valence-electron chi connectivity index (χ2n) is 13.9. The Labute approximate surface area is 285 Å². The van der Waals surface area contributed by atoms with Gasteiger partial charge in [-0.2, -0.15) is 0 Å². The number of carbonyl (C=O) groups is 4. The van der Waals surface area contributed by atoms with E-state index in [1.54, 1.807) is 36.4 Å². The maximum atomic E-state index is 13.0. The monoisotopic (exact) mass is 668 g/mol. The lowest BCUT2D eigenvalue weighted by molar-refractivity contribution is -0.137. The number of hydrogen-bond donors (Lipinski definition) is 6. The van der Waals surface area contributed by atoms with Crippen molar-refractivity contribution in [3.05, 3.63) is 54.1 Å². The van der Waals surface area contributed by atoms with Crippen LogP contribution in [0.3, 0.4) is 0 Å². The van der Waals surface area contributed by atoms with Crippen molar-refractivity contribution in [1.82, 2.24) is 10.6 Å². The van der Waals surface area contributed by atoms with Crippen molar-refractivity contribution in [3.8, 4) is 5.75 Å². The van der Waals surface area contributed by atoms with Gasteiger partial charge in [-0.15, -0.1) is 0 Å². The molecule has 48 heavy (non-hydrogen) atoms. The first-order valence-electron chi connectivity index (χ1n) is 16.4. The van der Waals surface area contributed by atoms with Crippen molar-refractivity contribution >= 4 is 41.0 Å². The number of rotatable bonds is 17. The average Bonchev–Trinajstić information content (AvgIpc) is 2.96. The number of benzene rings is 2. The Morgan fingerprint density at radius 1 is 0.958 bits per heavy atom. The minimum atomic E-state index is -1.15. The molecule has 0 spiro atoms. The first-order chi connectivity index (χ1) is 22.4. The summed E-state index contributed by atoms with van der Waals surface area (Å²) in [6, 6.07) is 11.8. The summed E-state index contributed by atoms with van der Waals surface area (Å²) in [6.45, 7) is 17.7. The first kappa shape index (κ1) is 41.4. The molecule has 0 aliphatic carbocycles. The Bertz CT molecular complexity index is 1370. The summed E-state index contributed by atoms with van der Waals surface area (Å²) in [7, 11) is 0. The summed E-state index contributed by atoms with van der Waals surface area (Å²) in [5.41, 5.74) is 11.9. The van der Waals surface area contributed by atoms with Crippen molar-refractivity contribution in [3.63, 3.8) is 0 Å². The van der Waals surface area contributed by atoms with E-state index in [0.717, 1.165) is 12.8 Å². The summed E-state index contributed by atoms with van der Waals surface area (Å²) in [6.07, 6.45) is 2.89. The summed E-state index contributed by atoms with van der Waals surface area (Å²) >= 11 is 0. The molecule has 0 aromatic heterocycles. The number of anilines is 1. The highest BCUT2D eigenvalue weighted by atomic mass is 16.5. The van der Waals surface area contributed by atoms with E-state index in [-0.39, 0.29) is 35.2 Å². The van der Waals surface area contributed by atoms with E-state index >= 15 is 0 Å². The molecule has 0 saturated carbocycles. The minimum absolute atomic E-state index is 0.0437. The van der Waals surface area contributed by atoms with E-state index in [2.05, 4.69) is 76.3 Å². The number of aliphatic carboxylic acids is 1. The molecule has 12 heteroatoms. The van der Waals surface area contributed by atoms with Crippen molar-refractivity contribution in [2.75, 3.05) is 18.5 Å². The van der Waals surface area contributed by atoms with Crippen LogP contribution in [0.5, 0.6) is 5.75 Å². The molecule has 0 unspecified atom stereocenters. The van der Waals surface area contributed by atoms with Crippen molar-refractivity contribution in [2.45, 2.75) is 93.5 Å². The van der Waals surface area contributed by atoms with Gasteiger partial charge in [0.15, 0.2) is 5.96 Å². The third kappa shape index (κ3) is 17.3. The lowest BCUT2D eigenvalue weighted by atomic mass is 9.72. The van der Waals surface area contributed by atoms with Crippen LogP contribution in [-0.2, 0) is 14.4 Å². The molecule has 2 aromatic rings. The molecule has 8 N–H and O–H groups in total. The van der Waals surface area contributed by atoms with E-state index in [1.807, 2.05) is 0 Å². The number of amides is 3. The largest absolute Gasteiger partial charge is 0.493 e. The van der Waals surface area contributed by atoms with Crippen LogP contribution in [-0.4, -0.2) is 54.0 Å². The fourth-order valence-corrected chi connectivity index (χ4v) is 5.58. The van der Waals surface area contributed by atoms with Gasteiger partial charge in [0, 0.05) is 17.7 Å². The molecule has 0 heterocycles. The lowest BCUT2D eigenvalue weighted by Gasteiger charge is -2.36. The number of aliphatic imine (C=N–C) groups is 1. The average molecular weight is 669 g/mol. The maximum Gasteiger partial charge on any atom is 0.303 e. The molecule has 0 saturated heterocycles. The fourth-order valence-electron chi connectivity index (χ4n) is 5.58.